The van der Waals surface area contributed by atoms with E-state index in [0.717, 1.165) is 30.9 Å². The van der Waals surface area contributed by atoms with Crippen molar-refractivity contribution in [1.29, 1.82) is 0 Å². The van der Waals surface area contributed by atoms with Gasteiger partial charge < -0.3 is 10.1 Å². The van der Waals surface area contributed by atoms with Crippen LogP contribution in [0.2, 0.25) is 0 Å². The molecule has 0 spiro atoms. The van der Waals surface area contributed by atoms with Gasteiger partial charge >= 0.3 is 0 Å². The molecular weight excluding hydrogens is 210 g/mol. The summed E-state index contributed by atoms with van der Waals surface area (Å²) in [7, 11) is 1.77. The van der Waals surface area contributed by atoms with Crippen LogP contribution in [-0.2, 0) is 4.74 Å². The van der Waals surface area contributed by atoms with Gasteiger partial charge in [-0.1, -0.05) is 33.1 Å². The van der Waals surface area contributed by atoms with Crippen LogP contribution >= 0.6 is 0 Å². The molecule has 0 saturated heterocycles. The number of rotatable bonds is 7. The lowest BCUT2D eigenvalue weighted by molar-refractivity contribution is 0.165. The van der Waals surface area contributed by atoms with Crippen LogP contribution in [0.5, 0.6) is 0 Å². The van der Waals surface area contributed by atoms with Gasteiger partial charge in [-0.15, -0.1) is 0 Å². The minimum absolute atomic E-state index is 0.619. The van der Waals surface area contributed by atoms with E-state index in [1.807, 2.05) is 0 Å². The summed E-state index contributed by atoms with van der Waals surface area (Å²) in [6.07, 6.45) is 7.17. The summed E-state index contributed by atoms with van der Waals surface area (Å²) in [4.78, 5) is 0. The van der Waals surface area contributed by atoms with Gasteiger partial charge in [0, 0.05) is 19.7 Å². The van der Waals surface area contributed by atoms with Gasteiger partial charge in [-0.2, -0.15) is 0 Å². The lowest BCUT2D eigenvalue weighted by atomic mass is 9.74. The van der Waals surface area contributed by atoms with Crippen molar-refractivity contribution in [2.75, 3.05) is 20.3 Å². The largest absolute Gasteiger partial charge is 0.383 e. The molecular formula is C15H31NO. The topological polar surface area (TPSA) is 21.3 Å². The van der Waals surface area contributed by atoms with Crippen molar-refractivity contribution in [3.05, 3.63) is 0 Å². The third-order valence-electron chi connectivity index (χ3n) is 4.77. The summed E-state index contributed by atoms with van der Waals surface area (Å²) in [5, 5.41) is 3.58. The molecule has 0 radical (unpaired) electrons. The van der Waals surface area contributed by atoms with Crippen LogP contribution in [0, 0.1) is 17.8 Å². The van der Waals surface area contributed by atoms with Crippen molar-refractivity contribution in [2.24, 2.45) is 17.8 Å². The maximum Gasteiger partial charge on any atom is 0.0587 e. The van der Waals surface area contributed by atoms with E-state index < -0.39 is 0 Å². The highest BCUT2D eigenvalue weighted by Gasteiger charge is 2.27. The third kappa shape index (κ3) is 4.97. The maximum absolute atomic E-state index is 5.08. The Kier molecular flexibility index (Phi) is 7.14. The van der Waals surface area contributed by atoms with E-state index in [2.05, 4.69) is 26.1 Å². The zero-order valence-electron chi connectivity index (χ0n) is 12.2. The van der Waals surface area contributed by atoms with Crippen LogP contribution in [0.1, 0.15) is 52.9 Å². The molecule has 0 aromatic rings. The van der Waals surface area contributed by atoms with Crippen molar-refractivity contribution in [3.8, 4) is 0 Å². The monoisotopic (exact) mass is 241 g/mol. The summed E-state index contributed by atoms with van der Waals surface area (Å²) in [6.45, 7) is 8.88. The Morgan fingerprint density at radius 2 is 1.82 bits per heavy atom. The second kappa shape index (κ2) is 8.10. The summed E-state index contributed by atoms with van der Waals surface area (Å²) in [5.41, 5.74) is 0. The van der Waals surface area contributed by atoms with Crippen LogP contribution in [0.25, 0.3) is 0 Å². The Labute approximate surface area is 108 Å². The SMILES string of the molecule is CCC1CCC(C(C)C(C)NCCOC)CC1. The van der Waals surface area contributed by atoms with Gasteiger partial charge in [0.15, 0.2) is 0 Å². The molecule has 0 heterocycles. The summed E-state index contributed by atoms with van der Waals surface area (Å²) < 4.78 is 5.08. The number of hydrogen-bond acceptors (Lipinski definition) is 2. The molecule has 1 aliphatic rings. The number of methoxy groups -OCH3 is 1. The highest BCUT2D eigenvalue weighted by molar-refractivity contribution is 4.80. The van der Waals surface area contributed by atoms with Crippen LogP contribution in [0.4, 0.5) is 0 Å². The van der Waals surface area contributed by atoms with E-state index in [4.69, 9.17) is 4.74 Å². The lowest BCUT2D eigenvalue weighted by Crippen LogP contribution is -2.38. The molecule has 1 fully saturated rings. The Hall–Kier alpha value is -0.0800. The van der Waals surface area contributed by atoms with Crippen LogP contribution in [-0.4, -0.2) is 26.3 Å². The Morgan fingerprint density at radius 1 is 1.18 bits per heavy atom. The molecule has 102 valence electrons. The minimum atomic E-state index is 0.619. The summed E-state index contributed by atoms with van der Waals surface area (Å²) in [6, 6.07) is 0.619. The molecule has 0 bridgehead atoms. The zero-order valence-corrected chi connectivity index (χ0v) is 12.2. The molecule has 0 amide bonds. The molecule has 2 heteroatoms. The Balaban J connectivity index is 2.24. The van der Waals surface area contributed by atoms with Gasteiger partial charge in [0.1, 0.15) is 0 Å². The van der Waals surface area contributed by atoms with Gasteiger partial charge in [-0.05, 0) is 37.5 Å². The van der Waals surface area contributed by atoms with E-state index in [-0.39, 0.29) is 0 Å². The van der Waals surface area contributed by atoms with Crippen LogP contribution < -0.4 is 5.32 Å². The van der Waals surface area contributed by atoms with Gasteiger partial charge in [0.05, 0.1) is 6.61 Å². The molecule has 0 aromatic carbocycles. The number of nitrogens with one attached hydrogen (secondary N) is 1. The molecule has 0 aliphatic heterocycles. The van der Waals surface area contributed by atoms with Crippen molar-refractivity contribution in [3.63, 3.8) is 0 Å². The van der Waals surface area contributed by atoms with Crippen molar-refractivity contribution < 1.29 is 4.74 Å². The summed E-state index contributed by atoms with van der Waals surface area (Å²) >= 11 is 0. The molecule has 17 heavy (non-hydrogen) atoms. The van der Waals surface area contributed by atoms with Crippen molar-refractivity contribution in [1.82, 2.24) is 5.32 Å². The lowest BCUT2D eigenvalue weighted by Gasteiger charge is -2.35. The second-order valence-electron chi connectivity index (χ2n) is 5.78. The highest BCUT2D eigenvalue weighted by atomic mass is 16.5. The first-order chi connectivity index (χ1) is 8.19. The fraction of sp³-hybridized carbons (Fsp3) is 1.00. The molecule has 2 unspecified atom stereocenters. The normalized spacial score (nSPS) is 28.9. The molecule has 1 saturated carbocycles. The molecule has 1 aliphatic carbocycles. The van der Waals surface area contributed by atoms with E-state index >= 15 is 0 Å². The number of hydrogen-bond donors (Lipinski definition) is 1. The van der Waals surface area contributed by atoms with E-state index in [1.165, 1.54) is 32.1 Å². The van der Waals surface area contributed by atoms with Crippen molar-refractivity contribution >= 4 is 0 Å². The predicted octanol–water partition coefficient (Wildman–Crippen LogP) is 3.46. The molecule has 1 N–H and O–H groups in total. The van der Waals surface area contributed by atoms with Crippen molar-refractivity contribution in [2.45, 2.75) is 58.9 Å². The Morgan fingerprint density at radius 3 is 2.35 bits per heavy atom. The maximum atomic E-state index is 5.08. The van der Waals surface area contributed by atoms with Gasteiger partial charge in [0.2, 0.25) is 0 Å². The van der Waals surface area contributed by atoms with Gasteiger partial charge in [-0.25, -0.2) is 0 Å². The van der Waals surface area contributed by atoms with Crippen LogP contribution in [0.15, 0.2) is 0 Å². The second-order valence-corrected chi connectivity index (χ2v) is 5.78. The molecule has 1 rings (SSSR count). The van der Waals surface area contributed by atoms with E-state index in [1.54, 1.807) is 7.11 Å². The van der Waals surface area contributed by atoms with Gasteiger partial charge in [0.25, 0.3) is 0 Å². The average molecular weight is 241 g/mol. The fourth-order valence-electron chi connectivity index (χ4n) is 3.11. The van der Waals surface area contributed by atoms with E-state index in [9.17, 15) is 0 Å². The first-order valence-corrected chi connectivity index (χ1v) is 7.41. The summed E-state index contributed by atoms with van der Waals surface area (Å²) in [5.74, 6) is 2.74. The minimum Gasteiger partial charge on any atom is -0.383 e. The van der Waals surface area contributed by atoms with Crippen LogP contribution in [0.3, 0.4) is 0 Å². The van der Waals surface area contributed by atoms with Gasteiger partial charge in [-0.3, -0.25) is 0 Å². The quantitative estimate of drug-likeness (QED) is 0.689. The first kappa shape index (κ1) is 15.0. The molecule has 2 nitrogen and oxygen atoms in total. The zero-order chi connectivity index (χ0) is 12.7. The fourth-order valence-corrected chi connectivity index (χ4v) is 3.11. The first-order valence-electron chi connectivity index (χ1n) is 7.41. The smallest absolute Gasteiger partial charge is 0.0587 e. The Bertz CT molecular complexity index is 187. The average Bonchev–Trinajstić information content (AvgIpc) is 2.38. The highest BCUT2D eigenvalue weighted by Crippen LogP contribution is 2.35. The molecule has 2 atom stereocenters. The standard InChI is InChI=1S/C15H31NO/c1-5-14-6-8-15(9-7-14)12(2)13(3)16-10-11-17-4/h12-16H,5-11H2,1-4H3. The van der Waals surface area contributed by atoms with E-state index in [0.29, 0.717) is 6.04 Å². The molecule has 0 aromatic heterocycles. The third-order valence-corrected chi connectivity index (χ3v) is 4.77. The number of ether oxygens (including phenoxy) is 1. The predicted molar refractivity (Wildman–Crippen MR) is 74.2 cm³/mol.